The van der Waals surface area contributed by atoms with Crippen LogP contribution in [-0.2, 0) is 4.74 Å². The second kappa shape index (κ2) is 6.50. The molecular weight excluding hydrogens is 262 g/mol. The number of hydrogen-bond donors (Lipinski definition) is 1. The van der Waals surface area contributed by atoms with Gasteiger partial charge in [0.05, 0.1) is 12.7 Å². The van der Waals surface area contributed by atoms with Crippen molar-refractivity contribution in [3.63, 3.8) is 0 Å². The number of nitrogens with one attached hydrogen (secondary N) is 1. The summed E-state index contributed by atoms with van der Waals surface area (Å²) < 4.78 is 4.79. The first-order chi connectivity index (χ1) is 9.91. The van der Waals surface area contributed by atoms with E-state index in [-0.39, 0.29) is 5.97 Å². The maximum atomic E-state index is 11.6. The third-order valence-electron chi connectivity index (χ3n) is 4.51. The first-order valence-corrected chi connectivity index (χ1v) is 7.87. The fourth-order valence-electron chi connectivity index (χ4n) is 3.41. The molecule has 0 spiro atoms. The molecule has 21 heavy (non-hydrogen) atoms. The number of benzene rings is 1. The second-order valence-electron chi connectivity index (χ2n) is 7.08. The van der Waals surface area contributed by atoms with Gasteiger partial charge in [0.1, 0.15) is 0 Å². The van der Waals surface area contributed by atoms with E-state index in [2.05, 4.69) is 26.1 Å². The number of esters is 1. The molecule has 0 bridgehead atoms. The number of hydrogen-bond acceptors (Lipinski definition) is 3. The first kappa shape index (κ1) is 15.9. The largest absolute Gasteiger partial charge is 0.465 e. The van der Waals surface area contributed by atoms with E-state index < -0.39 is 0 Å². The minimum absolute atomic E-state index is 0.283. The van der Waals surface area contributed by atoms with Crippen LogP contribution in [0, 0.1) is 11.3 Å². The minimum atomic E-state index is -0.283. The van der Waals surface area contributed by atoms with Crippen molar-refractivity contribution < 1.29 is 9.53 Å². The van der Waals surface area contributed by atoms with E-state index in [1.807, 2.05) is 18.2 Å². The van der Waals surface area contributed by atoms with E-state index in [9.17, 15) is 4.79 Å². The zero-order valence-electron chi connectivity index (χ0n) is 13.6. The Morgan fingerprint density at radius 1 is 1.24 bits per heavy atom. The lowest BCUT2D eigenvalue weighted by atomic mass is 9.69. The van der Waals surface area contributed by atoms with Crippen molar-refractivity contribution in [2.24, 2.45) is 11.3 Å². The molecule has 2 rings (SSSR count). The van der Waals surface area contributed by atoms with Gasteiger partial charge in [0.25, 0.3) is 0 Å². The van der Waals surface area contributed by atoms with E-state index in [1.165, 1.54) is 32.8 Å². The fourth-order valence-corrected chi connectivity index (χ4v) is 3.41. The van der Waals surface area contributed by atoms with Gasteiger partial charge in [-0.15, -0.1) is 0 Å². The number of rotatable bonds is 3. The van der Waals surface area contributed by atoms with Crippen LogP contribution in [0.1, 0.15) is 56.8 Å². The molecule has 1 fully saturated rings. The summed E-state index contributed by atoms with van der Waals surface area (Å²) >= 11 is 0. The van der Waals surface area contributed by atoms with E-state index in [0.717, 1.165) is 5.69 Å². The quantitative estimate of drug-likeness (QED) is 0.833. The molecule has 0 amide bonds. The zero-order valence-corrected chi connectivity index (χ0v) is 13.6. The molecule has 2 unspecified atom stereocenters. The molecule has 2 atom stereocenters. The third-order valence-corrected chi connectivity index (χ3v) is 4.51. The van der Waals surface area contributed by atoms with Gasteiger partial charge in [-0.3, -0.25) is 0 Å². The standard InChI is InChI=1S/C18H27NO2/c1-18(2,3)15-10-5-6-11-16(15)19-14-9-7-8-13(12-14)17(20)21-4/h7-9,12,15-16,19H,5-6,10-11H2,1-4H3. The molecule has 0 aromatic heterocycles. The molecule has 0 heterocycles. The highest BCUT2D eigenvalue weighted by Gasteiger charge is 2.34. The van der Waals surface area contributed by atoms with Gasteiger partial charge in [0.15, 0.2) is 0 Å². The minimum Gasteiger partial charge on any atom is -0.465 e. The van der Waals surface area contributed by atoms with Gasteiger partial charge in [-0.25, -0.2) is 4.79 Å². The van der Waals surface area contributed by atoms with E-state index in [1.54, 1.807) is 6.07 Å². The molecule has 1 aliphatic rings. The molecule has 3 nitrogen and oxygen atoms in total. The summed E-state index contributed by atoms with van der Waals surface area (Å²) in [5, 5.41) is 3.65. The Hall–Kier alpha value is -1.51. The highest BCUT2D eigenvalue weighted by atomic mass is 16.5. The second-order valence-corrected chi connectivity index (χ2v) is 7.08. The van der Waals surface area contributed by atoms with Crippen molar-refractivity contribution in [3.8, 4) is 0 Å². The Labute approximate surface area is 128 Å². The number of methoxy groups -OCH3 is 1. The van der Waals surface area contributed by atoms with Crippen LogP contribution in [0.3, 0.4) is 0 Å². The van der Waals surface area contributed by atoms with Gasteiger partial charge < -0.3 is 10.1 Å². The molecule has 1 saturated carbocycles. The predicted molar refractivity (Wildman–Crippen MR) is 86.6 cm³/mol. The van der Waals surface area contributed by atoms with Gasteiger partial charge >= 0.3 is 5.97 Å². The van der Waals surface area contributed by atoms with E-state index in [4.69, 9.17) is 4.74 Å². The lowest BCUT2D eigenvalue weighted by molar-refractivity contribution is 0.0600. The number of anilines is 1. The molecule has 0 saturated heterocycles. The Morgan fingerprint density at radius 3 is 2.62 bits per heavy atom. The smallest absolute Gasteiger partial charge is 0.337 e. The molecule has 0 radical (unpaired) electrons. The lowest BCUT2D eigenvalue weighted by Gasteiger charge is -2.41. The van der Waals surface area contributed by atoms with Crippen LogP contribution in [0.15, 0.2) is 24.3 Å². The maximum Gasteiger partial charge on any atom is 0.337 e. The summed E-state index contributed by atoms with van der Waals surface area (Å²) in [6.07, 6.45) is 5.07. The van der Waals surface area contributed by atoms with Gasteiger partial charge in [0, 0.05) is 11.7 Å². The van der Waals surface area contributed by atoms with Crippen molar-refractivity contribution in [2.75, 3.05) is 12.4 Å². The summed E-state index contributed by atoms with van der Waals surface area (Å²) in [6, 6.07) is 8.09. The SMILES string of the molecule is COC(=O)c1cccc(NC2CCCCC2C(C)(C)C)c1. The first-order valence-electron chi connectivity index (χ1n) is 7.87. The van der Waals surface area contributed by atoms with E-state index in [0.29, 0.717) is 22.9 Å². The summed E-state index contributed by atoms with van der Waals surface area (Å²) in [5.41, 5.74) is 1.92. The van der Waals surface area contributed by atoms with Gasteiger partial charge in [0.2, 0.25) is 0 Å². The van der Waals surface area contributed by atoms with Crippen LogP contribution in [-0.4, -0.2) is 19.1 Å². The molecule has 1 N–H and O–H groups in total. The molecule has 116 valence electrons. The summed E-state index contributed by atoms with van der Waals surface area (Å²) in [6.45, 7) is 6.97. The molecule has 1 aromatic carbocycles. The molecular formula is C18H27NO2. The summed E-state index contributed by atoms with van der Waals surface area (Å²) in [4.78, 5) is 11.6. The van der Waals surface area contributed by atoms with Gasteiger partial charge in [-0.1, -0.05) is 39.7 Å². The predicted octanol–water partition coefficient (Wildman–Crippen LogP) is 4.49. The number of ether oxygens (including phenoxy) is 1. The number of carbonyl (C=O) groups excluding carboxylic acids is 1. The highest BCUT2D eigenvalue weighted by molar-refractivity contribution is 5.90. The monoisotopic (exact) mass is 289 g/mol. The molecule has 1 aliphatic carbocycles. The Kier molecular flexibility index (Phi) is 4.92. The van der Waals surface area contributed by atoms with Crippen molar-refractivity contribution in [1.82, 2.24) is 0 Å². The van der Waals surface area contributed by atoms with Crippen LogP contribution < -0.4 is 5.32 Å². The molecule has 0 aliphatic heterocycles. The van der Waals surface area contributed by atoms with E-state index >= 15 is 0 Å². The van der Waals surface area contributed by atoms with Crippen LogP contribution in [0.25, 0.3) is 0 Å². The van der Waals surface area contributed by atoms with Crippen molar-refractivity contribution in [2.45, 2.75) is 52.5 Å². The van der Waals surface area contributed by atoms with Crippen molar-refractivity contribution in [3.05, 3.63) is 29.8 Å². The van der Waals surface area contributed by atoms with Crippen LogP contribution >= 0.6 is 0 Å². The van der Waals surface area contributed by atoms with Crippen LogP contribution in [0.4, 0.5) is 5.69 Å². The topological polar surface area (TPSA) is 38.3 Å². The fraction of sp³-hybridized carbons (Fsp3) is 0.611. The van der Waals surface area contributed by atoms with Gasteiger partial charge in [-0.2, -0.15) is 0 Å². The average Bonchev–Trinajstić information content (AvgIpc) is 2.46. The zero-order chi connectivity index (χ0) is 15.5. The lowest BCUT2D eigenvalue weighted by Crippen LogP contribution is -2.39. The summed E-state index contributed by atoms with van der Waals surface area (Å²) in [5.74, 6) is 0.377. The van der Waals surface area contributed by atoms with Crippen molar-refractivity contribution in [1.29, 1.82) is 0 Å². The molecule has 1 aromatic rings. The highest BCUT2D eigenvalue weighted by Crippen LogP contribution is 2.39. The molecule has 3 heteroatoms. The van der Waals surface area contributed by atoms with Crippen molar-refractivity contribution >= 4 is 11.7 Å². The number of carbonyl (C=O) groups is 1. The Balaban J connectivity index is 2.14. The van der Waals surface area contributed by atoms with Gasteiger partial charge in [-0.05, 0) is 42.4 Å². The third kappa shape index (κ3) is 3.99. The maximum absolute atomic E-state index is 11.6. The summed E-state index contributed by atoms with van der Waals surface area (Å²) in [7, 11) is 1.42. The Morgan fingerprint density at radius 2 is 1.95 bits per heavy atom. The Bertz CT molecular complexity index is 490. The normalized spacial score (nSPS) is 22.7. The average molecular weight is 289 g/mol. The van der Waals surface area contributed by atoms with Crippen LogP contribution in [0.5, 0.6) is 0 Å². The van der Waals surface area contributed by atoms with Crippen LogP contribution in [0.2, 0.25) is 0 Å².